The van der Waals surface area contributed by atoms with Crippen molar-refractivity contribution in [2.45, 2.75) is 25.7 Å². The van der Waals surface area contributed by atoms with E-state index in [1.807, 2.05) is 12.1 Å². The molecular weight excluding hydrogens is 288 g/mol. The lowest BCUT2D eigenvalue weighted by Crippen LogP contribution is -2.38. The number of hydrogen-bond acceptors (Lipinski definition) is 4. The summed E-state index contributed by atoms with van der Waals surface area (Å²) in [4.78, 5) is 28.1. The molecule has 0 spiro atoms. The number of thioether (sulfide) groups is 1. The van der Waals surface area contributed by atoms with Crippen LogP contribution in [0.5, 0.6) is 0 Å². The molecular formula is C15H20N2O3S. The van der Waals surface area contributed by atoms with E-state index in [0.29, 0.717) is 25.4 Å². The maximum Gasteiger partial charge on any atom is 0.407 e. The summed E-state index contributed by atoms with van der Waals surface area (Å²) in [5.41, 5.74) is 1.13. The third kappa shape index (κ3) is 5.38. The lowest BCUT2D eigenvalue weighted by molar-refractivity contribution is -0.110. The summed E-state index contributed by atoms with van der Waals surface area (Å²) >= 11 is 1.39. The van der Waals surface area contributed by atoms with Crippen molar-refractivity contribution in [1.29, 1.82) is 0 Å². The average molecular weight is 308 g/mol. The minimum absolute atomic E-state index is 0.215. The molecule has 0 aromatic carbocycles. The molecule has 0 bridgehead atoms. The zero-order chi connectivity index (χ0) is 15.1. The lowest BCUT2D eigenvalue weighted by Gasteiger charge is -2.29. The summed E-state index contributed by atoms with van der Waals surface area (Å²) in [6.07, 6.45) is 5.66. The van der Waals surface area contributed by atoms with Crippen molar-refractivity contribution in [3.8, 4) is 0 Å². The summed E-state index contributed by atoms with van der Waals surface area (Å²) in [7, 11) is 0. The molecule has 1 aromatic rings. The van der Waals surface area contributed by atoms with Crippen LogP contribution in [0.3, 0.4) is 0 Å². The van der Waals surface area contributed by atoms with E-state index in [1.54, 1.807) is 12.4 Å². The molecule has 1 aromatic heterocycles. The zero-order valence-corrected chi connectivity index (χ0v) is 12.7. The van der Waals surface area contributed by atoms with Gasteiger partial charge in [-0.1, -0.05) is 11.8 Å². The molecule has 0 atom stereocenters. The fourth-order valence-electron chi connectivity index (χ4n) is 2.37. The molecule has 21 heavy (non-hydrogen) atoms. The number of hydrogen-bond donors (Lipinski definition) is 1. The Hall–Kier alpha value is -1.56. The van der Waals surface area contributed by atoms with Crippen LogP contribution in [0.4, 0.5) is 4.79 Å². The monoisotopic (exact) mass is 308 g/mol. The van der Waals surface area contributed by atoms with E-state index in [4.69, 9.17) is 5.11 Å². The molecule has 6 heteroatoms. The van der Waals surface area contributed by atoms with Crippen molar-refractivity contribution < 1.29 is 14.7 Å². The maximum atomic E-state index is 11.9. The normalized spacial score (nSPS) is 15.9. The van der Waals surface area contributed by atoms with Crippen LogP contribution in [0.2, 0.25) is 0 Å². The molecule has 0 saturated carbocycles. The standard InChI is InChI=1S/C15H20N2O3S/c18-14(2-1-12-3-7-16-8-4-12)21-11-13-5-9-17(10-6-13)15(19)20/h3-4,7-8,13H,1-2,5-6,9-11H2,(H,19,20). The van der Waals surface area contributed by atoms with E-state index in [9.17, 15) is 9.59 Å². The van der Waals surface area contributed by atoms with Crippen LogP contribution in [0.15, 0.2) is 24.5 Å². The van der Waals surface area contributed by atoms with Crippen molar-refractivity contribution in [1.82, 2.24) is 9.88 Å². The molecule has 2 rings (SSSR count). The van der Waals surface area contributed by atoms with Gasteiger partial charge >= 0.3 is 6.09 Å². The predicted octanol–water partition coefficient (Wildman–Crippen LogP) is 2.66. The molecule has 114 valence electrons. The number of rotatable bonds is 5. The molecule has 0 aliphatic carbocycles. The first-order valence-electron chi connectivity index (χ1n) is 7.17. The molecule has 1 N–H and O–H groups in total. The second kappa shape index (κ2) is 8.02. The van der Waals surface area contributed by atoms with E-state index in [0.717, 1.165) is 30.6 Å². The Balaban J connectivity index is 1.62. The molecule has 5 nitrogen and oxygen atoms in total. The fraction of sp³-hybridized carbons (Fsp3) is 0.533. The van der Waals surface area contributed by atoms with Crippen molar-refractivity contribution >= 4 is 23.0 Å². The highest BCUT2D eigenvalue weighted by Gasteiger charge is 2.22. The molecule has 1 aliphatic rings. The van der Waals surface area contributed by atoms with Gasteiger partial charge in [0.05, 0.1) is 0 Å². The number of carbonyl (C=O) groups excluding carboxylic acids is 1. The predicted molar refractivity (Wildman–Crippen MR) is 82.3 cm³/mol. The van der Waals surface area contributed by atoms with Crippen LogP contribution in [-0.2, 0) is 11.2 Å². The summed E-state index contributed by atoms with van der Waals surface area (Å²) in [6.45, 7) is 1.18. The third-order valence-corrected chi connectivity index (χ3v) is 4.90. The van der Waals surface area contributed by atoms with Gasteiger partial charge in [0, 0.05) is 37.7 Å². The van der Waals surface area contributed by atoms with E-state index >= 15 is 0 Å². The second-order valence-electron chi connectivity index (χ2n) is 5.25. The first kappa shape index (κ1) is 15.8. The summed E-state index contributed by atoms with van der Waals surface area (Å²) in [5.74, 6) is 1.26. The van der Waals surface area contributed by atoms with Crippen LogP contribution in [0.1, 0.15) is 24.8 Å². The fourth-order valence-corrected chi connectivity index (χ4v) is 3.37. The Labute approximate surface area is 128 Å². The number of nitrogens with zero attached hydrogens (tertiary/aromatic N) is 2. The van der Waals surface area contributed by atoms with Crippen molar-refractivity contribution in [2.24, 2.45) is 5.92 Å². The van der Waals surface area contributed by atoms with Crippen molar-refractivity contribution in [3.05, 3.63) is 30.1 Å². The topological polar surface area (TPSA) is 70.5 Å². The van der Waals surface area contributed by atoms with Gasteiger partial charge in [0.25, 0.3) is 0 Å². The van der Waals surface area contributed by atoms with Crippen LogP contribution in [-0.4, -0.2) is 45.0 Å². The largest absolute Gasteiger partial charge is 0.465 e. The first-order chi connectivity index (χ1) is 10.1. The highest BCUT2D eigenvalue weighted by molar-refractivity contribution is 8.13. The van der Waals surface area contributed by atoms with Gasteiger partial charge in [-0.05, 0) is 42.9 Å². The van der Waals surface area contributed by atoms with Crippen LogP contribution in [0.25, 0.3) is 0 Å². The number of carboxylic acid groups (broad SMARTS) is 1. The minimum Gasteiger partial charge on any atom is -0.465 e. The average Bonchev–Trinajstić information content (AvgIpc) is 2.52. The minimum atomic E-state index is -0.838. The van der Waals surface area contributed by atoms with Gasteiger partial charge in [-0.15, -0.1) is 0 Å². The third-order valence-electron chi connectivity index (χ3n) is 3.73. The van der Waals surface area contributed by atoms with E-state index in [2.05, 4.69) is 4.98 Å². The van der Waals surface area contributed by atoms with E-state index < -0.39 is 6.09 Å². The Bertz CT molecular complexity index is 473. The number of amides is 1. The molecule has 1 aliphatic heterocycles. The second-order valence-corrected chi connectivity index (χ2v) is 6.33. The molecule has 1 amide bonds. The summed E-state index contributed by atoms with van der Waals surface area (Å²) in [6, 6.07) is 3.86. The smallest absolute Gasteiger partial charge is 0.407 e. The highest BCUT2D eigenvalue weighted by atomic mass is 32.2. The first-order valence-corrected chi connectivity index (χ1v) is 8.16. The number of piperidine rings is 1. The molecule has 1 saturated heterocycles. The summed E-state index contributed by atoms with van der Waals surface area (Å²) in [5, 5.41) is 9.10. The maximum absolute atomic E-state index is 11.9. The Morgan fingerprint density at radius 2 is 1.95 bits per heavy atom. The SMILES string of the molecule is O=C(CCc1ccncc1)SCC1CCN(C(=O)O)CC1. The Morgan fingerprint density at radius 1 is 1.29 bits per heavy atom. The van der Waals surface area contributed by atoms with Crippen molar-refractivity contribution in [2.75, 3.05) is 18.8 Å². The Kier molecular flexibility index (Phi) is 6.04. The number of likely N-dealkylation sites (tertiary alicyclic amines) is 1. The van der Waals surface area contributed by atoms with Crippen LogP contribution in [0, 0.1) is 5.92 Å². The van der Waals surface area contributed by atoms with Crippen LogP contribution >= 0.6 is 11.8 Å². The number of aryl methyl sites for hydroxylation is 1. The number of carbonyl (C=O) groups is 2. The summed E-state index contributed by atoms with van der Waals surface area (Å²) < 4.78 is 0. The number of aromatic nitrogens is 1. The van der Waals surface area contributed by atoms with Gasteiger partial charge in [0.1, 0.15) is 0 Å². The van der Waals surface area contributed by atoms with Gasteiger partial charge in [-0.2, -0.15) is 0 Å². The molecule has 0 unspecified atom stereocenters. The molecule has 1 fully saturated rings. The van der Waals surface area contributed by atoms with Gasteiger partial charge in [-0.25, -0.2) is 4.79 Å². The molecule has 2 heterocycles. The van der Waals surface area contributed by atoms with Gasteiger partial charge in [0.15, 0.2) is 5.12 Å². The van der Waals surface area contributed by atoms with Gasteiger partial charge in [-0.3, -0.25) is 9.78 Å². The van der Waals surface area contributed by atoms with E-state index in [-0.39, 0.29) is 5.12 Å². The lowest BCUT2D eigenvalue weighted by atomic mass is 9.99. The van der Waals surface area contributed by atoms with E-state index in [1.165, 1.54) is 16.7 Å². The highest BCUT2D eigenvalue weighted by Crippen LogP contribution is 2.23. The van der Waals surface area contributed by atoms with Gasteiger partial charge < -0.3 is 10.0 Å². The van der Waals surface area contributed by atoms with Gasteiger partial charge in [0.2, 0.25) is 0 Å². The molecule has 0 radical (unpaired) electrons. The van der Waals surface area contributed by atoms with Crippen molar-refractivity contribution in [3.63, 3.8) is 0 Å². The zero-order valence-electron chi connectivity index (χ0n) is 11.9. The Morgan fingerprint density at radius 3 is 2.57 bits per heavy atom. The number of pyridine rings is 1. The van der Waals surface area contributed by atoms with Crippen LogP contribution < -0.4 is 0 Å². The quantitative estimate of drug-likeness (QED) is 0.905.